The van der Waals surface area contributed by atoms with Crippen molar-refractivity contribution < 1.29 is 27.4 Å². The number of fused-ring (bicyclic) bond motifs is 1. The second-order valence-corrected chi connectivity index (χ2v) is 9.18. The Morgan fingerprint density at radius 3 is 2.32 bits per heavy atom. The summed E-state index contributed by atoms with van der Waals surface area (Å²) < 4.78 is 44.4. The summed E-state index contributed by atoms with van der Waals surface area (Å²) >= 11 is 0. The molecular weight excluding hydrogens is 418 g/mol. The zero-order valence-corrected chi connectivity index (χ0v) is 19.0. The number of hydrogen-bond acceptors (Lipinski definition) is 6. The highest BCUT2D eigenvalue weighted by Gasteiger charge is 2.37. The summed E-state index contributed by atoms with van der Waals surface area (Å²) in [7, 11) is -2.37. The average molecular weight is 448 g/mol. The molecule has 1 heterocycles. The van der Waals surface area contributed by atoms with E-state index in [-0.39, 0.29) is 18.7 Å². The van der Waals surface area contributed by atoms with Gasteiger partial charge in [-0.2, -0.15) is 4.31 Å². The predicted octanol–water partition coefficient (Wildman–Crippen LogP) is 3.48. The number of nitrogens with zero attached hydrogens (tertiary/aromatic N) is 1. The highest BCUT2D eigenvalue weighted by Crippen LogP contribution is 2.41. The van der Waals surface area contributed by atoms with E-state index in [1.165, 1.54) is 11.4 Å². The average Bonchev–Trinajstić information content (AvgIpc) is 2.75. The van der Waals surface area contributed by atoms with Crippen molar-refractivity contribution in [1.82, 2.24) is 4.31 Å². The minimum absolute atomic E-state index is 0.0724. The molecule has 0 radical (unpaired) electrons. The van der Waals surface area contributed by atoms with Crippen molar-refractivity contribution >= 4 is 16.0 Å². The number of hydrogen-bond donors (Lipinski definition) is 0. The zero-order chi connectivity index (χ0) is 22.4. The third-order valence-electron chi connectivity index (χ3n) is 5.25. The third-order valence-corrected chi connectivity index (χ3v) is 7.10. The van der Waals surface area contributed by atoms with Crippen LogP contribution in [0.4, 0.5) is 0 Å². The quantitative estimate of drug-likeness (QED) is 0.548. The summed E-state index contributed by atoms with van der Waals surface area (Å²) in [5, 5.41) is 0. The fraction of sp³-hybridized carbons (Fsp3) is 0.435. The van der Waals surface area contributed by atoms with E-state index in [0.29, 0.717) is 36.7 Å². The lowest BCUT2D eigenvalue weighted by molar-refractivity contribution is -0.141. The van der Waals surface area contributed by atoms with Crippen LogP contribution in [0.2, 0.25) is 0 Å². The van der Waals surface area contributed by atoms with Crippen molar-refractivity contribution in [3.05, 3.63) is 59.2 Å². The van der Waals surface area contributed by atoms with Gasteiger partial charge in [-0.3, -0.25) is 4.79 Å². The van der Waals surface area contributed by atoms with Crippen molar-refractivity contribution in [2.24, 2.45) is 0 Å². The van der Waals surface area contributed by atoms with E-state index in [1.54, 1.807) is 12.1 Å². The van der Waals surface area contributed by atoms with Gasteiger partial charge >= 0.3 is 5.97 Å². The van der Waals surface area contributed by atoms with Gasteiger partial charge in [0, 0.05) is 6.54 Å². The number of esters is 1. The highest BCUT2D eigenvalue weighted by atomic mass is 32.2. The lowest BCUT2D eigenvalue weighted by atomic mass is 9.91. The maximum Gasteiger partial charge on any atom is 0.307 e. The number of carbonyl (C=O) groups excluding carboxylic acids is 1. The second kappa shape index (κ2) is 10.2. The molecule has 0 unspecified atom stereocenters. The van der Waals surface area contributed by atoms with Gasteiger partial charge < -0.3 is 14.2 Å². The Bertz CT molecular complexity index is 1010. The molecular formula is C23H29NO6S. The van der Waals surface area contributed by atoms with Crippen LogP contribution in [-0.4, -0.2) is 45.6 Å². The van der Waals surface area contributed by atoms with Gasteiger partial charge in [0.25, 0.3) is 0 Å². The van der Waals surface area contributed by atoms with E-state index in [0.717, 1.165) is 11.1 Å². The molecule has 0 aliphatic carbocycles. The molecule has 3 rings (SSSR count). The van der Waals surface area contributed by atoms with Crippen LogP contribution < -0.4 is 9.47 Å². The van der Waals surface area contributed by atoms with Gasteiger partial charge in [-0.15, -0.1) is 0 Å². The van der Waals surface area contributed by atoms with Gasteiger partial charge in [0.1, 0.15) is 0 Å². The standard InChI is InChI=1S/C23H29NO6S/c1-4-29-21-13-18-11-12-24(31(26,27)16-17-9-7-6-8-10-17)20(15-23(25)28-3)19(18)14-22(21)30-5-2/h6-10,13-14,20H,4-5,11-12,15-16H2,1-3H3/t20-/m1/s1. The van der Waals surface area contributed by atoms with Gasteiger partial charge in [-0.25, -0.2) is 8.42 Å². The molecule has 7 nitrogen and oxygen atoms in total. The van der Waals surface area contributed by atoms with Crippen molar-refractivity contribution in [1.29, 1.82) is 0 Å². The van der Waals surface area contributed by atoms with Crippen LogP contribution >= 0.6 is 0 Å². The molecule has 0 saturated heterocycles. The third kappa shape index (κ3) is 5.37. The monoisotopic (exact) mass is 447 g/mol. The summed E-state index contributed by atoms with van der Waals surface area (Å²) in [5.74, 6) is 0.571. The maximum atomic E-state index is 13.3. The van der Waals surface area contributed by atoms with Crippen molar-refractivity contribution in [3.63, 3.8) is 0 Å². The number of carbonyl (C=O) groups is 1. The summed E-state index contributed by atoms with van der Waals surface area (Å²) in [4.78, 5) is 12.2. The van der Waals surface area contributed by atoms with Crippen LogP contribution in [-0.2, 0) is 31.7 Å². The normalized spacial score (nSPS) is 16.4. The Morgan fingerprint density at radius 2 is 1.71 bits per heavy atom. The number of methoxy groups -OCH3 is 1. The first-order valence-electron chi connectivity index (χ1n) is 10.4. The zero-order valence-electron chi connectivity index (χ0n) is 18.2. The molecule has 1 aliphatic heterocycles. The maximum absolute atomic E-state index is 13.3. The smallest absolute Gasteiger partial charge is 0.307 e. The molecule has 0 spiro atoms. The minimum Gasteiger partial charge on any atom is -0.490 e. The van der Waals surface area contributed by atoms with Crippen molar-refractivity contribution in [2.75, 3.05) is 26.9 Å². The Hall–Kier alpha value is -2.58. The molecule has 0 aromatic heterocycles. The lowest BCUT2D eigenvalue weighted by Crippen LogP contribution is -2.41. The number of sulfonamides is 1. The summed E-state index contributed by atoms with van der Waals surface area (Å²) in [6.07, 6.45) is 0.449. The van der Waals surface area contributed by atoms with Crippen LogP contribution in [0, 0.1) is 0 Å². The molecule has 1 aliphatic rings. The largest absolute Gasteiger partial charge is 0.490 e. The van der Waals surface area contributed by atoms with Gasteiger partial charge in [0.05, 0.1) is 38.5 Å². The van der Waals surface area contributed by atoms with E-state index in [4.69, 9.17) is 14.2 Å². The second-order valence-electron chi connectivity index (χ2n) is 7.26. The Labute approximate surface area is 184 Å². The molecule has 0 saturated carbocycles. The van der Waals surface area contributed by atoms with Crippen LogP contribution in [0.5, 0.6) is 11.5 Å². The molecule has 2 aromatic rings. The van der Waals surface area contributed by atoms with Gasteiger partial charge in [-0.05, 0) is 49.1 Å². The van der Waals surface area contributed by atoms with E-state index < -0.39 is 22.0 Å². The number of rotatable bonds is 9. The van der Waals surface area contributed by atoms with Crippen molar-refractivity contribution in [2.45, 2.75) is 38.5 Å². The first-order chi connectivity index (χ1) is 14.9. The van der Waals surface area contributed by atoms with E-state index >= 15 is 0 Å². The summed E-state index contributed by atoms with van der Waals surface area (Å²) in [5.41, 5.74) is 2.40. The predicted molar refractivity (Wildman–Crippen MR) is 118 cm³/mol. The Balaban J connectivity index is 2.03. The fourth-order valence-electron chi connectivity index (χ4n) is 3.88. The molecule has 1 atom stereocenters. The number of ether oxygens (including phenoxy) is 3. The van der Waals surface area contributed by atoms with Gasteiger partial charge in [-0.1, -0.05) is 30.3 Å². The molecule has 0 bridgehead atoms. The van der Waals surface area contributed by atoms with E-state index in [2.05, 4.69) is 0 Å². The number of benzene rings is 2. The minimum atomic E-state index is -3.67. The van der Waals surface area contributed by atoms with Gasteiger partial charge in [0.15, 0.2) is 11.5 Å². The first-order valence-corrected chi connectivity index (χ1v) is 12.0. The van der Waals surface area contributed by atoms with Crippen LogP contribution in [0.15, 0.2) is 42.5 Å². The fourth-order valence-corrected chi connectivity index (χ4v) is 5.60. The molecule has 8 heteroatoms. The van der Waals surface area contributed by atoms with E-state index in [1.807, 2.05) is 44.2 Å². The molecule has 0 N–H and O–H groups in total. The lowest BCUT2D eigenvalue weighted by Gasteiger charge is -2.36. The van der Waals surface area contributed by atoms with Crippen LogP contribution in [0.3, 0.4) is 0 Å². The van der Waals surface area contributed by atoms with E-state index in [9.17, 15) is 13.2 Å². The molecule has 0 fully saturated rings. The molecule has 168 valence electrons. The van der Waals surface area contributed by atoms with Gasteiger partial charge in [0.2, 0.25) is 10.0 Å². The van der Waals surface area contributed by atoms with Crippen LogP contribution in [0.1, 0.15) is 43.0 Å². The summed E-state index contributed by atoms with van der Waals surface area (Å²) in [6, 6.07) is 12.1. The first kappa shape index (κ1) is 23.1. The molecule has 31 heavy (non-hydrogen) atoms. The SMILES string of the molecule is CCOc1cc2c(cc1OCC)[C@@H](CC(=O)OC)N(S(=O)(=O)Cc1ccccc1)CC2. The molecule has 0 amide bonds. The summed E-state index contributed by atoms with van der Waals surface area (Å²) in [6.45, 7) is 4.98. The Kier molecular flexibility index (Phi) is 7.56. The van der Waals surface area contributed by atoms with Crippen LogP contribution in [0.25, 0.3) is 0 Å². The highest BCUT2D eigenvalue weighted by molar-refractivity contribution is 7.88. The molecule has 2 aromatic carbocycles. The van der Waals surface area contributed by atoms with Crippen molar-refractivity contribution in [3.8, 4) is 11.5 Å². The Morgan fingerprint density at radius 1 is 1.06 bits per heavy atom. The topological polar surface area (TPSA) is 82.1 Å².